The molecule has 1 aromatic carbocycles. The van der Waals surface area contributed by atoms with Gasteiger partial charge in [0.2, 0.25) is 0 Å². The van der Waals surface area contributed by atoms with Gasteiger partial charge in [-0.3, -0.25) is 9.59 Å². The summed E-state index contributed by atoms with van der Waals surface area (Å²) < 4.78 is 15.2. The van der Waals surface area contributed by atoms with Crippen molar-refractivity contribution in [3.05, 3.63) is 45.8 Å². The molecule has 8 heteroatoms. The molecule has 0 unspecified atom stereocenters. The molecular weight excluding hydrogens is 382 g/mol. The highest BCUT2D eigenvalue weighted by Crippen LogP contribution is 2.45. The number of esters is 2. The summed E-state index contributed by atoms with van der Waals surface area (Å²) in [6.45, 7) is 1.73. The Labute approximate surface area is 166 Å². The minimum Gasteiger partial charge on any atom is -0.484 e. The second kappa shape index (κ2) is 8.43. The molecular formula is C20H21NO6S. The van der Waals surface area contributed by atoms with Gasteiger partial charge in [-0.2, -0.15) is 0 Å². The Bertz CT molecular complexity index is 919. The number of fused-ring (bicyclic) bond motifs is 1. The van der Waals surface area contributed by atoms with E-state index in [9.17, 15) is 14.4 Å². The molecule has 0 fully saturated rings. The lowest BCUT2D eigenvalue weighted by Crippen LogP contribution is -2.22. The Morgan fingerprint density at radius 1 is 1.21 bits per heavy atom. The zero-order valence-corrected chi connectivity index (χ0v) is 16.7. The number of thiophene rings is 1. The fourth-order valence-corrected chi connectivity index (χ4v) is 4.53. The third-order valence-corrected chi connectivity index (χ3v) is 5.70. The molecule has 1 N–H and O–H groups in total. The van der Waals surface area contributed by atoms with E-state index in [-0.39, 0.29) is 12.2 Å². The van der Waals surface area contributed by atoms with Crippen LogP contribution in [0.5, 0.6) is 5.75 Å². The van der Waals surface area contributed by atoms with Crippen LogP contribution < -0.4 is 10.1 Å². The van der Waals surface area contributed by atoms with Gasteiger partial charge >= 0.3 is 11.9 Å². The molecule has 1 heterocycles. The predicted octanol–water partition coefficient (Wildman–Crippen LogP) is 3.06. The zero-order valence-electron chi connectivity index (χ0n) is 15.9. The van der Waals surface area contributed by atoms with Crippen LogP contribution in [0.3, 0.4) is 0 Å². The van der Waals surface area contributed by atoms with Gasteiger partial charge in [0.1, 0.15) is 10.8 Å². The fourth-order valence-electron chi connectivity index (χ4n) is 3.25. The van der Waals surface area contributed by atoms with E-state index >= 15 is 0 Å². The molecule has 148 valence electrons. The van der Waals surface area contributed by atoms with Gasteiger partial charge in [-0.05, 0) is 43.0 Å². The lowest BCUT2D eigenvalue weighted by Gasteiger charge is -2.12. The van der Waals surface area contributed by atoms with Gasteiger partial charge in [-0.1, -0.05) is 12.1 Å². The quantitative estimate of drug-likeness (QED) is 0.746. The number of rotatable bonds is 6. The normalized spacial score (nSPS) is 14.9. The standard InChI is InChI=1S/C20H21NO6S/c1-11-5-4-6-12(9-11)27-10-15(22)21-18-17(20(24)26-3)16-13(19(23)25-2)7-8-14(16)28-18/h4-6,9,13H,7-8,10H2,1-3H3,(H,21,22)/t13-/m0/s1. The van der Waals surface area contributed by atoms with Crippen LogP contribution >= 0.6 is 11.3 Å². The van der Waals surface area contributed by atoms with Crippen LogP contribution in [0, 0.1) is 6.92 Å². The van der Waals surface area contributed by atoms with E-state index in [1.54, 1.807) is 6.07 Å². The van der Waals surface area contributed by atoms with Crippen molar-refractivity contribution in [2.24, 2.45) is 0 Å². The number of carbonyl (C=O) groups excluding carboxylic acids is 3. The summed E-state index contributed by atoms with van der Waals surface area (Å²) in [5, 5.41) is 3.08. The average molecular weight is 403 g/mol. The molecule has 1 atom stereocenters. The number of amides is 1. The number of anilines is 1. The molecule has 28 heavy (non-hydrogen) atoms. The molecule has 1 aromatic heterocycles. The number of hydrogen-bond acceptors (Lipinski definition) is 7. The number of carbonyl (C=O) groups is 3. The molecule has 0 bridgehead atoms. The van der Waals surface area contributed by atoms with Crippen LogP contribution in [0.15, 0.2) is 24.3 Å². The molecule has 0 saturated carbocycles. The van der Waals surface area contributed by atoms with Crippen molar-refractivity contribution in [1.82, 2.24) is 0 Å². The van der Waals surface area contributed by atoms with E-state index in [1.165, 1.54) is 25.6 Å². The molecule has 0 saturated heterocycles. The van der Waals surface area contributed by atoms with Gasteiger partial charge in [-0.25, -0.2) is 4.79 Å². The van der Waals surface area contributed by atoms with Crippen molar-refractivity contribution in [3.8, 4) is 5.75 Å². The Morgan fingerprint density at radius 2 is 2.00 bits per heavy atom. The first-order valence-corrected chi connectivity index (χ1v) is 9.57. The van der Waals surface area contributed by atoms with Gasteiger partial charge in [0.05, 0.1) is 25.7 Å². The van der Waals surface area contributed by atoms with Crippen molar-refractivity contribution < 1.29 is 28.6 Å². The molecule has 7 nitrogen and oxygen atoms in total. The third kappa shape index (κ3) is 4.01. The Kier molecular flexibility index (Phi) is 5.99. The van der Waals surface area contributed by atoms with Crippen LogP contribution in [0.1, 0.15) is 38.7 Å². The van der Waals surface area contributed by atoms with E-state index < -0.39 is 23.8 Å². The second-order valence-corrected chi connectivity index (χ2v) is 7.51. The number of hydrogen-bond donors (Lipinski definition) is 1. The van der Waals surface area contributed by atoms with Crippen LogP contribution in [0.4, 0.5) is 5.00 Å². The molecule has 0 aliphatic heterocycles. The van der Waals surface area contributed by atoms with E-state index in [2.05, 4.69) is 5.32 Å². The van der Waals surface area contributed by atoms with Gasteiger partial charge < -0.3 is 19.5 Å². The number of benzene rings is 1. The smallest absolute Gasteiger partial charge is 0.341 e. The van der Waals surface area contributed by atoms with Crippen LogP contribution in [0.2, 0.25) is 0 Å². The minimum absolute atomic E-state index is 0.201. The van der Waals surface area contributed by atoms with E-state index in [0.717, 1.165) is 10.4 Å². The highest BCUT2D eigenvalue weighted by Gasteiger charge is 2.38. The van der Waals surface area contributed by atoms with Crippen LogP contribution in [-0.4, -0.2) is 38.7 Å². The summed E-state index contributed by atoms with van der Waals surface area (Å²) in [4.78, 5) is 37.7. The van der Waals surface area contributed by atoms with E-state index in [0.29, 0.717) is 29.2 Å². The molecule has 1 aliphatic carbocycles. The molecule has 1 amide bonds. The Morgan fingerprint density at radius 3 is 2.68 bits per heavy atom. The highest BCUT2D eigenvalue weighted by atomic mass is 32.1. The summed E-state index contributed by atoms with van der Waals surface area (Å²) >= 11 is 1.28. The highest BCUT2D eigenvalue weighted by molar-refractivity contribution is 7.17. The van der Waals surface area contributed by atoms with Crippen LogP contribution in [0.25, 0.3) is 0 Å². The lowest BCUT2D eigenvalue weighted by atomic mass is 9.99. The number of ether oxygens (including phenoxy) is 3. The largest absolute Gasteiger partial charge is 0.484 e. The van der Waals surface area contributed by atoms with Crippen LogP contribution in [-0.2, 0) is 25.5 Å². The fraction of sp³-hybridized carbons (Fsp3) is 0.350. The molecule has 3 rings (SSSR count). The van der Waals surface area contributed by atoms with E-state index in [4.69, 9.17) is 14.2 Å². The van der Waals surface area contributed by atoms with Crippen molar-refractivity contribution in [2.75, 3.05) is 26.1 Å². The number of aryl methyl sites for hydroxylation is 2. The second-order valence-electron chi connectivity index (χ2n) is 6.40. The first-order chi connectivity index (χ1) is 13.4. The summed E-state index contributed by atoms with van der Waals surface area (Å²) in [5.41, 5.74) is 1.84. The molecule has 0 spiro atoms. The maximum absolute atomic E-state index is 12.4. The monoisotopic (exact) mass is 403 g/mol. The molecule has 2 aromatic rings. The lowest BCUT2D eigenvalue weighted by molar-refractivity contribution is -0.142. The van der Waals surface area contributed by atoms with Crippen molar-refractivity contribution in [2.45, 2.75) is 25.7 Å². The minimum atomic E-state index is -0.594. The van der Waals surface area contributed by atoms with Crippen molar-refractivity contribution in [1.29, 1.82) is 0 Å². The topological polar surface area (TPSA) is 90.9 Å². The maximum Gasteiger partial charge on any atom is 0.341 e. The Balaban J connectivity index is 1.79. The Hall–Kier alpha value is -2.87. The molecule has 0 radical (unpaired) electrons. The van der Waals surface area contributed by atoms with Gasteiger partial charge in [-0.15, -0.1) is 11.3 Å². The zero-order chi connectivity index (χ0) is 20.3. The first-order valence-electron chi connectivity index (χ1n) is 8.75. The van der Waals surface area contributed by atoms with Gasteiger partial charge in [0, 0.05) is 4.88 Å². The van der Waals surface area contributed by atoms with E-state index in [1.807, 2.05) is 25.1 Å². The average Bonchev–Trinajstić information content (AvgIpc) is 3.24. The van der Waals surface area contributed by atoms with Gasteiger partial charge in [0.25, 0.3) is 5.91 Å². The van der Waals surface area contributed by atoms with Crippen molar-refractivity contribution in [3.63, 3.8) is 0 Å². The third-order valence-electron chi connectivity index (χ3n) is 4.52. The molecule has 1 aliphatic rings. The summed E-state index contributed by atoms with van der Waals surface area (Å²) in [7, 11) is 2.58. The summed E-state index contributed by atoms with van der Waals surface area (Å²) in [6, 6.07) is 7.36. The summed E-state index contributed by atoms with van der Waals surface area (Å²) in [5.74, 6) is -1.34. The number of methoxy groups -OCH3 is 2. The van der Waals surface area contributed by atoms with Gasteiger partial charge in [0.15, 0.2) is 6.61 Å². The summed E-state index contributed by atoms with van der Waals surface area (Å²) in [6.07, 6.45) is 1.21. The predicted molar refractivity (Wildman–Crippen MR) is 104 cm³/mol. The number of nitrogens with one attached hydrogen (secondary N) is 1. The van der Waals surface area contributed by atoms with Crippen molar-refractivity contribution >= 4 is 34.2 Å². The first kappa shape index (κ1) is 19.9. The maximum atomic E-state index is 12.4. The SMILES string of the molecule is COC(=O)c1c(NC(=O)COc2cccc(C)c2)sc2c1[C@@H](C(=O)OC)CC2.